The fourth-order valence-corrected chi connectivity index (χ4v) is 2.10. The predicted octanol–water partition coefficient (Wildman–Crippen LogP) is 2.74. The number of anilines is 1. The van der Waals surface area contributed by atoms with Gasteiger partial charge in [-0.3, -0.25) is 9.78 Å². The summed E-state index contributed by atoms with van der Waals surface area (Å²) in [5, 5.41) is 6.92. The molecule has 3 aromatic heterocycles. The molecule has 3 heterocycles. The summed E-state index contributed by atoms with van der Waals surface area (Å²) in [6.45, 7) is 0. The molecule has 0 radical (unpaired) electrons. The minimum absolute atomic E-state index is 0.197. The third-order valence-electron chi connectivity index (χ3n) is 2.62. The minimum atomic E-state index is -0.197. The zero-order valence-electron chi connectivity index (χ0n) is 9.75. The molecule has 0 spiro atoms. The van der Waals surface area contributed by atoms with Gasteiger partial charge < -0.3 is 5.32 Å². The molecule has 0 bridgehead atoms. The van der Waals surface area contributed by atoms with Crippen LogP contribution in [-0.4, -0.2) is 20.5 Å². The van der Waals surface area contributed by atoms with E-state index in [4.69, 9.17) is 0 Å². The smallest absolute Gasteiger partial charge is 0.257 e. The third-order valence-corrected chi connectivity index (χ3v) is 3.06. The molecule has 0 atom stereocenters. The number of halogens is 1. The standard InChI is InChI=1S/C13H9BrN4O/c14-10-5-9(7-15-8-10)13(19)17-11-2-4-18-12(6-11)1-3-16-18/h1-8H,(H,17,19). The maximum absolute atomic E-state index is 12.0. The molecule has 0 unspecified atom stereocenters. The van der Waals surface area contributed by atoms with Crippen molar-refractivity contribution in [3.63, 3.8) is 0 Å². The highest BCUT2D eigenvalue weighted by atomic mass is 79.9. The molecule has 3 aromatic rings. The van der Waals surface area contributed by atoms with E-state index in [0.717, 1.165) is 15.7 Å². The van der Waals surface area contributed by atoms with Crippen LogP contribution in [0.5, 0.6) is 0 Å². The Morgan fingerprint density at radius 2 is 2.16 bits per heavy atom. The molecular weight excluding hydrogens is 308 g/mol. The van der Waals surface area contributed by atoms with E-state index in [1.165, 1.54) is 6.20 Å². The predicted molar refractivity (Wildman–Crippen MR) is 75.1 cm³/mol. The van der Waals surface area contributed by atoms with Gasteiger partial charge in [-0.15, -0.1) is 0 Å². The van der Waals surface area contributed by atoms with Gasteiger partial charge in [-0.25, -0.2) is 4.52 Å². The second-order valence-electron chi connectivity index (χ2n) is 3.96. The van der Waals surface area contributed by atoms with Gasteiger partial charge in [0, 0.05) is 34.9 Å². The van der Waals surface area contributed by atoms with Crippen LogP contribution in [0.3, 0.4) is 0 Å². The van der Waals surface area contributed by atoms with Gasteiger partial charge in [0.15, 0.2) is 0 Å². The van der Waals surface area contributed by atoms with Crippen molar-refractivity contribution in [1.82, 2.24) is 14.6 Å². The fourth-order valence-electron chi connectivity index (χ4n) is 1.74. The Morgan fingerprint density at radius 3 is 3.00 bits per heavy atom. The Morgan fingerprint density at radius 1 is 1.26 bits per heavy atom. The van der Waals surface area contributed by atoms with E-state index in [0.29, 0.717) is 5.56 Å². The molecule has 1 N–H and O–H groups in total. The van der Waals surface area contributed by atoms with Crippen molar-refractivity contribution < 1.29 is 4.79 Å². The quantitative estimate of drug-likeness (QED) is 0.790. The molecule has 0 saturated carbocycles. The molecule has 0 saturated heterocycles. The van der Waals surface area contributed by atoms with Crippen molar-refractivity contribution in [2.75, 3.05) is 5.32 Å². The zero-order chi connectivity index (χ0) is 13.2. The first kappa shape index (κ1) is 11.9. The van der Waals surface area contributed by atoms with Crippen LogP contribution >= 0.6 is 15.9 Å². The molecule has 94 valence electrons. The number of hydrogen-bond acceptors (Lipinski definition) is 3. The van der Waals surface area contributed by atoms with E-state index in [2.05, 4.69) is 31.3 Å². The number of carbonyl (C=O) groups excluding carboxylic acids is 1. The Hall–Kier alpha value is -2.21. The normalized spacial score (nSPS) is 10.6. The topological polar surface area (TPSA) is 59.3 Å². The van der Waals surface area contributed by atoms with Crippen LogP contribution in [-0.2, 0) is 0 Å². The number of hydrogen-bond donors (Lipinski definition) is 1. The summed E-state index contributed by atoms with van der Waals surface area (Å²) in [5.41, 5.74) is 2.14. The second-order valence-corrected chi connectivity index (χ2v) is 4.88. The van der Waals surface area contributed by atoms with Gasteiger partial charge in [-0.1, -0.05) is 0 Å². The summed E-state index contributed by atoms with van der Waals surface area (Å²) in [7, 11) is 0. The highest BCUT2D eigenvalue weighted by molar-refractivity contribution is 9.10. The highest BCUT2D eigenvalue weighted by Crippen LogP contribution is 2.14. The van der Waals surface area contributed by atoms with Gasteiger partial charge >= 0.3 is 0 Å². The van der Waals surface area contributed by atoms with Crippen LogP contribution in [0.15, 0.2) is 53.5 Å². The van der Waals surface area contributed by atoms with Crippen LogP contribution in [0.2, 0.25) is 0 Å². The molecule has 0 aliphatic carbocycles. The van der Waals surface area contributed by atoms with Crippen molar-refractivity contribution in [2.45, 2.75) is 0 Å². The van der Waals surface area contributed by atoms with Gasteiger partial charge in [0.05, 0.1) is 11.1 Å². The summed E-state index contributed by atoms with van der Waals surface area (Å²) >= 11 is 3.29. The molecule has 6 heteroatoms. The lowest BCUT2D eigenvalue weighted by molar-refractivity contribution is 0.102. The van der Waals surface area contributed by atoms with Gasteiger partial charge in [-0.2, -0.15) is 5.10 Å². The van der Waals surface area contributed by atoms with Crippen molar-refractivity contribution in [3.8, 4) is 0 Å². The summed E-state index contributed by atoms with van der Waals surface area (Å²) in [5.74, 6) is -0.197. The molecule has 0 aliphatic heterocycles. The maximum Gasteiger partial charge on any atom is 0.257 e. The van der Waals surface area contributed by atoms with Crippen molar-refractivity contribution >= 4 is 33.0 Å². The molecule has 1 amide bonds. The Labute approximate surface area is 117 Å². The lowest BCUT2D eigenvalue weighted by Crippen LogP contribution is -2.12. The minimum Gasteiger partial charge on any atom is -0.322 e. The second kappa shape index (κ2) is 4.81. The Bertz CT molecular complexity index is 753. The van der Waals surface area contributed by atoms with Crippen LogP contribution in [0.1, 0.15) is 10.4 Å². The number of aromatic nitrogens is 3. The number of rotatable bonds is 2. The van der Waals surface area contributed by atoms with Crippen molar-refractivity contribution in [1.29, 1.82) is 0 Å². The van der Waals surface area contributed by atoms with Crippen LogP contribution < -0.4 is 5.32 Å². The molecule has 19 heavy (non-hydrogen) atoms. The van der Waals surface area contributed by atoms with Crippen LogP contribution in [0.4, 0.5) is 5.69 Å². The van der Waals surface area contributed by atoms with E-state index in [9.17, 15) is 4.79 Å². The van der Waals surface area contributed by atoms with Crippen molar-refractivity contribution in [3.05, 3.63) is 59.1 Å². The maximum atomic E-state index is 12.0. The summed E-state index contributed by atoms with van der Waals surface area (Å²) in [6, 6.07) is 7.25. The number of nitrogens with one attached hydrogen (secondary N) is 1. The third kappa shape index (κ3) is 2.48. The lowest BCUT2D eigenvalue weighted by atomic mass is 10.2. The highest BCUT2D eigenvalue weighted by Gasteiger charge is 2.07. The number of nitrogens with zero attached hydrogens (tertiary/aromatic N) is 3. The summed E-state index contributed by atoms with van der Waals surface area (Å²) < 4.78 is 2.50. The van der Waals surface area contributed by atoms with Crippen molar-refractivity contribution in [2.24, 2.45) is 0 Å². The van der Waals surface area contributed by atoms with Gasteiger partial charge in [0.25, 0.3) is 5.91 Å². The summed E-state index contributed by atoms with van der Waals surface area (Å²) in [6.07, 6.45) is 6.66. The molecule has 5 nitrogen and oxygen atoms in total. The van der Waals surface area contributed by atoms with Crippen LogP contribution in [0.25, 0.3) is 5.52 Å². The monoisotopic (exact) mass is 316 g/mol. The zero-order valence-corrected chi connectivity index (χ0v) is 11.3. The largest absolute Gasteiger partial charge is 0.322 e. The van der Waals surface area contributed by atoms with Crippen LogP contribution in [0, 0.1) is 0 Å². The Balaban J connectivity index is 1.86. The van der Waals surface area contributed by atoms with E-state index in [1.807, 2.05) is 12.1 Å². The molecule has 3 rings (SSSR count). The average Bonchev–Trinajstić information content (AvgIpc) is 2.86. The first-order valence-electron chi connectivity index (χ1n) is 5.58. The lowest BCUT2D eigenvalue weighted by Gasteiger charge is -2.05. The van der Waals surface area contributed by atoms with E-state index in [1.54, 1.807) is 35.2 Å². The first-order valence-corrected chi connectivity index (χ1v) is 6.37. The number of amides is 1. The number of fused-ring (bicyclic) bond motifs is 1. The Kier molecular flexibility index (Phi) is 3.00. The molecule has 0 aromatic carbocycles. The first-order chi connectivity index (χ1) is 9.22. The van der Waals surface area contributed by atoms with E-state index < -0.39 is 0 Å². The fraction of sp³-hybridized carbons (Fsp3) is 0. The summed E-state index contributed by atoms with van der Waals surface area (Å²) in [4.78, 5) is 16.0. The van der Waals surface area contributed by atoms with Gasteiger partial charge in [0.2, 0.25) is 0 Å². The van der Waals surface area contributed by atoms with Gasteiger partial charge in [0.1, 0.15) is 0 Å². The SMILES string of the molecule is O=C(Nc1ccn2nccc2c1)c1cncc(Br)c1. The molecule has 0 fully saturated rings. The number of carbonyl (C=O) groups is 1. The molecule has 0 aliphatic rings. The average molecular weight is 317 g/mol. The van der Waals surface area contributed by atoms with Gasteiger partial charge in [-0.05, 0) is 40.2 Å². The number of pyridine rings is 2. The molecular formula is C13H9BrN4O. The van der Waals surface area contributed by atoms with E-state index in [-0.39, 0.29) is 5.91 Å². The van der Waals surface area contributed by atoms with E-state index >= 15 is 0 Å².